The molecule has 2 N–H and O–H groups in total. The molecule has 1 amide bonds. The molecule has 0 bridgehead atoms. The Hall–Kier alpha value is -1.57. The maximum Gasteiger partial charge on any atom is 0.419 e. The van der Waals surface area contributed by atoms with Gasteiger partial charge in [-0.05, 0) is 0 Å². The Morgan fingerprint density at radius 1 is 1.29 bits per heavy atom. The van der Waals surface area contributed by atoms with Gasteiger partial charge >= 0.3 is 12.1 Å². The van der Waals surface area contributed by atoms with Crippen LogP contribution in [0.5, 0.6) is 0 Å². The maximum absolute atomic E-state index is 12.4. The predicted molar refractivity (Wildman–Crippen MR) is 49.0 cm³/mol. The highest BCUT2D eigenvalue weighted by Gasteiger charge is 2.57. The molecule has 0 aromatic rings. The van der Waals surface area contributed by atoms with E-state index in [9.17, 15) is 27.9 Å². The summed E-state index contributed by atoms with van der Waals surface area (Å²) in [5.74, 6) is -2.24. The van der Waals surface area contributed by atoms with Gasteiger partial charge < -0.3 is 15.1 Å². The Kier molecular flexibility index (Phi) is 3.46. The van der Waals surface area contributed by atoms with Gasteiger partial charge in [-0.1, -0.05) is 0 Å². The molecular formula is C9H10F3NO4. The van der Waals surface area contributed by atoms with Crippen LogP contribution in [0.4, 0.5) is 13.2 Å². The number of likely N-dealkylation sites (tertiary alicyclic amines) is 1. The monoisotopic (exact) mass is 253 g/mol. The van der Waals surface area contributed by atoms with E-state index in [4.69, 9.17) is 5.11 Å². The van der Waals surface area contributed by atoms with Crippen LogP contribution in [-0.2, 0) is 9.59 Å². The van der Waals surface area contributed by atoms with Gasteiger partial charge in [0.15, 0.2) is 5.60 Å². The van der Waals surface area contributed by atoms with Crippen molar-refractivity contribution in [3.8, 4) is 0 Å². The number of carboxylic acid groups (broad SMARTS) is 1. The highest BCUT2D eigenvalue weighted by Crippen LogP contribution is 2.37. The van der Waals surface area contributed by atoms with E-state index in [0.717, 1.165) is 4.90 Å². The molecule has 5 nitrogen and oxygen atoms in total. The third kappa shape index (κ3) is 2.96. The first kappa shape index (κ1) is 13.5. The fraction of sp³-hybridized carbons (Fsp3) is 0.556. The normalized spacial score (nSPS) is 25.5. The molecule has 1 aliphatic rings. The number of carbonyl (C=O) groups excluding carboxylic acids is 1. The minimum absolute atomic E-state index is 0.265. The smallest absolute Gasteiger partial charge is 0.419 e. The van der Waals surface area contributed by atoms with Gasteiger partial charge in [-0.15, -0.1) is 0 Å². The Bertz CT molecular complexity index is 366. The molecule has 0 aliphatic carbocycles. The van der Waals surface area contributed by atoms with Crippen LogP contribution in [0.1, 0.15) is 6.42 Å². The Morgan fingerprint density at radius 3 is 2.29 bits per heavy atom. The number of alkyl halides is 3. The van der Waals surface area contributed by atoms with Crippen molar-refractivity contribution in [2.75, 3.05) is 13.1 Å². The predicted octanol–water partition coefficient (Wildman–Crippen LogP) is 0.153. The van der Waals surface area contributed by atoms with Crippen LogP contribution in [-0.4, -0.2) is 51.9 Å². The van der Waals surface area contributed by atoms with E-state index in [-0.39, 0.29) is 6.54 Å². The maximum atomic E-state index is 12.4. The second kappa shape index (κ2) is 4.36. The quantitative estimate of drug-likeness (QED) is 0.687. The Balaban J connectivity index is 2.68. The Labute approximate surface area is 94.1 Å². The zero-order valence-electron chi connectivity index (χ0n) is 8.57. The summed E-state index contributed by atoms with van der Waals surface area (Å²) < 4.78 is 37.2. The lowest BCUT2D eigenvalue weighted by atomic mass is 10.0. The zero-order valence-corrected chi connectivity index (χ0v) is 8.57. The van der Waals surface area contributed by atoms with Crippen LogP contribution < -0.4 is 0 Å². The summed E-state index contributed by atoms with van der Waals surface area (Å²) >= 11 is 0. The van der Waals surface area contributed by atoms with E-state index in [1.54, 1.807) is 0 Å². The van der Waals surface area contributed by atoms with Crippen LogP contribution in [0.25, 0.3) is 0 Å². The molecule has 1 rings (SSSR count). The number of β-amino-alcohol motifs (C(OH)–C–C–N with tert-alkyl or cyclic N) is 1. The van der Waals surface area contributed by atoms with Gasteiger partial charge in [-0.3, -0.25) is 4.79 Å². The van der Waals surface area contributed by atoms with E-state index in [0.29, 0.717) is 12.2 Å². The summed E-state index contributed by atoms with van der Waals surface area (Å²) in [5, 5.41) is 17.5. The number of carbonyl (C=O) groups is 2. The molecule has 1 atom stereocenters. The van der Waals surface area contributed by atoms with Crippen molar-refractivity contribution >= 4 is 11.9 Å². The number of hydrogen-bond acceptors (Lipinski definition) is 3. The van der Waals surface area contributed by atoms with Crippen LogP contribution in [0.2, 0.25) is 0 Å². The summed E-state index contributed by atoms with van der Waals surface area (Å²) in [5.41, 5.74) is -2.90. The summed E-state index contributed by atoms with van der Waals surface area (Å²) in [4.78, 5) is 22.1. The molecule has 1 fully saturated rings. The molecule has 0 unspecified atom stereocenters. The van der Waals surface area contributed by atoms with Gasteiger partial charge in [0.2, 0.25) is 5.91 Å². The molecule has 17 heavy (non-hydrogen) atoms. The molecule has 1 saturated heterocycles. The lowest BCUT2D eigenvalue weighted by molar-refractivity contribution is -0.253. The number of aliphatic hydroxyl groups is 1. The lowest BCUT2D eigenvalue weighted by Crippen LogP contribution is -2.47. The molecule has 0 aromatic heterocycles. The van der Waals surface area contributed by atoms with Gasteiger partial charge in [0.1, 0.15) is 0 Å². The first-order chi connectivity index (χ1) is 7.66. The van der Waals surface area contributed by atoms with Crippen molar-refractivity contribution in [1.82, 2.24) is 4.90 Å². The molecule has 1 aliphatic heterocycles. The number of hydrogen-bond donors (Lipinski definition) is 2. The van der Waals surface area contributed by atoms with Gasteiger partial charge in [0.25, 0.3) is 0 Å². The van der Waals surface area contributed by atoms with Crippen molar-refractivity contribution in [1.29, 1.82) is 0 Å². The number of carboxylic acids is 1. The van der Waals surface area contributed by atoms with Crippen LogP contribution in [0, 0.1) is 0 Å². The van der Waals surface area contributed by atoms with E-state index < -0.39 is 36.6 Å². The number of halogens is 3. The fourth-order valence-electron chi connectivity index (χ4n) is 1.46. The third-order valence-electron chi connectivity index (χ3n) is 2.46. The first-order valence-corrected chi connectivity index (χ1v) is 4.65. The van der Waals surface area contributed by atoms with E-state index >= 15 is 0 Å². The van der Waals surface area contributed by atoms with Gasteiger partial charge in [0, 0.05) is 25.1 Å². The summed E-state index contributed by atoms with van der Waals surface area (Å²) in [6.07, 6.45) is -4.22. The molecular weight excluding hydrogens is 243 g/mol. The van der Waals surface area contributed by atoms with Crippen molar-refractivity contribution in [3.63, 3.8) is 0 Å². The largest absolute Gasteiger partial charge is 0.478 e. The Morgan fingerprint density at radius 2 is 1.88 bits per heavy atom. The summed E-state index contributed by atoms with van der Waals surface area (Å²) in [6.45, 7) is -1.14. The van der Waals surface area contributed by atoms with Crippen molar-refractivity contribution < 1.29 is 33.0 Å². The third-order valence-corrected chi connectivity index (χ3v) is 2.46. The van der Waals surface area contributed by atoms with Gasteiger partial charge in [-0.25, -0.2) is 4.79 Å². The lowest BCUT2D eigenvalue weighted by Gasteiger charge is -2.25. The van der Waals surface area contributed by atoms with Gasteiger partial charge in [0.05, 0.1) is 6.54 Å². The minimum Gasteiger partial charge on any atom is -0.478 e. The number of nitrogens with zero attached hydrogens (tertiary/aromatic N) is 1. The van der Waals surface area contributed by atoms with E-state index in [1.165, 1.54) is 0 Å². The van der Waals surface area contributed by atoms with Crippen molar-refractivity contribution in [3.05, 3.63) is 12.2 Å². The van der Waals surface area contributed by atoms with Crippen LogP contribution in [0.15, 0.2) is 12.2 Å². The molecule has 0 spiro atoms. The highest BCUT2D eigenvalue weighted by atomic mass is 19.4. The van der Waals surface area contributed by atoms with Crippen molar-refractivity contribution in [2.24, 2.45) is 0 Å². The molecule has 1 heterocycles. The molecule has 0 aromatic carbocycles. The number of aliphatic carboxylic acids is 1. The van der Waals surface area contributed by atoms with Crippen molar-refractivity contribution in [2.45, 2.75) is 18.2 Å². The SMILES string of the molecule is O=C(O)/C=C/C(=O)N1CC[C@](O)(C(F)(F)F)C1. The van der Waals surface area contributed by atoms with E-state index in [2.05, 4.69) is 0 Å². The highest BCUT2D eigenvalue weighted by molar-refractivity contribution is 5.94. The van der Waals surface area contributed by atoms with Crippen LogP contribution in [0.3, 0.4) is 0 Å². The standard InChI is InChI=1S/C9H10F3NO4/c10-9(11,12)8(17)3-4-13(5-8)6(14)1-2-7(15)16/h1-2,17H,3-5H2,(H,15,16)/b2-1+/t8-/m1/s1. The molecule has 96 valence electrons. The van der Waals surface area contributed by atoms with Crippen LogP contribution >= 0.6 is 0 Å². The average molecular weight is 253 g/mol. The summed E-state index contributed by atoms with van der Waals surface area (Å²) in [6, 6.07) is 0. The topological polar surface area (TPSA) is 77.8 Å². The first-order valence-electron chi connectivity index (χ1n) is 4.65. The second-order valence-electron chi connectivity index (χ2n) is 3.71. The molecule has 0 saturated carbocycles. The summed E-state index contributed by atoms with van der Waals surface area (Å²) in [7, 11) is 0. The number of rotatable bonds is 2. The molecule has 8 heteroatoms. The van der Waals surface area contributed by atoms with Gasteiger partial charge in [-0.2, -0.15) is 13.2 Å². The van der Waals surface area contributed by atoms with E-state index in [1.807, 2.05) is 0 Å². The fourth-order valence-corrected chi connectivity index (χ4v) is 1.46. The number of amides is 1. The zero-order chi connectivity index (χ0) is 13.3. The minimum atomic E-state index is -4.81. The average Bonchev–Trinajstić information content (AvgIpc) is 2.57. The second-order valence-corrected chi connectivity index (χ2v) is 3.71. The molecule has 0 radical (unpaired) electrons.